The van der Waals surface area contributed by atoms with Crippen molar-refractivity contribution in [3.63, 3.8) is 0 Å². The zero-order valence-electron chi connectivity index (χ0n) is 15.1. The largest absolute Gasteiger partial charge is 0.462 e. The number of rotatable bonds is 6. The van der Waals surface area contributed by atoms with E-state index >= 15 is 0 Å². The van der Waals surface area contributed by atoms with Crippen LogP contribution < -0.4 is 5.32 Å². The highest BCUT2D eigenvalue weighted by atomic mass is 35.5. The fourth-order valence-electron chi connectivity index (χ4n) is 2.19. The topological polar surface area (TPSA) is 92.1 Å². The predicted octanol–water partition coefficient (Wildman–Crippen LogP) is 4.21. The van der Waals surface area contributed by atoms with Crippen molar-refractivity contribution >= 4 is 40.9 Å². The minimum Gasteiger partial charge on any atom is -0.462 e. The van der Waals surface area contributed by atoms with Crippen molar-refractivity contribution in [3.05, 3.63) is 52.2 Å². The molecular formula is C19H18ClN3O3S. The van der Waals surface area contributed by atoms with Crippen LogP contribution in [0.1, 0.15) is 35.5 Å². The number of esters is 1. The first-order chi connectivity index (χ1) is 12.9. The van der Waals surface area contributed by atoms with Crippen molar-refractivity contribution in [1.29, 1.82) is 5.26 Å². The number of para-hydroxylation sites is 1. The summed E-state index contributed by atoms with van der Waals surface area (Å²) < 4.78 is 4.97. The number of hydrogen-bond acceptors (Lipinski definition) is 6. The highest BCUT2D eigenvalue weighted by Gasteiger charge is 2.21. The number of amides is 1. The fourth-order valence-corrected chi connectivity index (χ4v) is 3.29. The molecule has 0 bridgehead atoms. The Morgan fingerprint density at radius 2 is 2.11 bits per heavy atom. The van der Waals surface area contributed by atoms with Gasteiger partial charge in [0, 0.05) is 0 Å². The van der Waals surface area contributed by atoms with E-state index in [0.29, 0.717) is 21.4 Å². The number of halogens is 1. The van der Waals surface area contributed by atoms with Crippen molar-refractivity contribution in [2.24, 2.45) is 0 Å². The molecule has 1 aromatic heterocycles. The first-order valence-electron chi connectivity index (χ1n) is 8.18. The Bertz CT molecular complexity index is 912. The van der Waals surface area contributed by atoms with E-state index in [0.717, 1.165) is 11.8 Å². The molecule has 0 aliphatic heterocycles. The molecule has 1 atom stereocenters. The zero-order chi connectivity index (χ0) is 20.0. The molecule has 0 radical (unpaired) electrons. The molecule has 1 heterocycles. The number of nitrogens with one attached hydrogen (secondary N) is 1. The fraction of sp³-hybridized carbons (Fsp3) is 0.263. The molecule has 140 valence electrons. The molecule has 1 amide bonds. The summed E-state index contributed by atoms with van der Waals surface area (Å²) in [6, 6.07) is 10.4. The van der Waals surface area contributed by atoms with Crippen LogP contribution in [0, 0.1) is 18.3 Å². The number of carbonyl (C=O) groups is 2. The lowest BCUT2D eigenvalue weighted by atomic mass is 10.1. The van der Waals surface area contributed by atoms with Crippen LogP contribution in [0.15, 0.2) is 35.4 Å². The summed E-state index contributed by atoms with van der Waals surface area (Å²) in [6.07, 6.45) is 0. The molecule has 0 fully saturated rings. The Labute approximate surface area is 166 Å². The zero-order valence-corrected chi connectivity index (χ0v) is 16.6. The Morgan fingerprint density at radius 1 is 1.41 bits per heavy atom. The number of hydrogen-bond donors (Lipinski definition) is 1. The van der Waals surface area contributed by atoms with Crippen LogP contribution in [-0.2, 0) is 9.53 Å². The Morgan fingerprint density at radius 3 is 2.74 bits per heavy atom. The molecule has 1 unspecified atom stereocenters. The maximum absolute atomic E-state index is 12.4. The average molecular weight is 404 g/mol. The quantitative estimate of drug-likeness (QED) is 0.573. The summed E-state index contributed by atoms with van der Waals surface area (Å²) in [5.41, 5.74) is 1.41. The van der Waals surface area contributed by atoms with Gasteiger partial charge in [0.05, 0.1) is 39.4 Å². The molecule has 1 aromatic carbocycles. The molecule has 2 aromatic rings. The smallest absolute Gasteiger partial charge is 0.340 e. The van der Waals surface area contributed by atoms with E-state index in [-0.39, 0.29) is 23.6 Å². The van der Waals surface area contributed by atoms with E-state index in [1.165, 1.54) is 6.07 Å². The molecule has 2 rings (SSSR count). The van der Waals surface area contributed by atoms with Crippen molar-refractivity contribution < 1.29 is 14.3 Å². The molecule has 0 spiro atoms. The van der Waals surface area contributed by atoms with E-state index < -0.39 is 11.2 Å². The number of aryl methyl sites for hydroxylation is 1. The SMILES string of the molecule is CCOC(=O)c1cc(C#N)c(SC(C)C(=O)Nc2ccccc2Cl)nc1C. The van der Waals surface area contributed by atoms with Gasteiger partial charge < -0.3 is 10.1 Å². The lowest BCUT2D eigenvalue weighted by Gasteiger charge is -2.14. The van der Waals surface area contributed by atoms with E-state index in [4.69, 9.17) is 16.3 Å². The van der Waals surface area contributed by atoms with Gasteiger partial charge in [0.25, 0.3) is 0 Å². The first kappa shape index (κ1) is 20.7. The number of nitriles is 1. The first-order valence-corrected chi connectivity index (χ1v) is 9.44. The highest BCUT2D eigenvalue weighted by molar-refractivity contribution is 8.00. The number of anilines is 1. The minimum absolute atomic E-state index is 0.214. The lowest BCUT2D eigenvalue weighted by molar-refractivity contribution is -0.115. The van der Waals surface area contributed by atoms with Gasteiger partial charge in [-0.1, -0.05) is 35.5 Å². The molecule has 0 saturated carbocycles. The van der Waals surface area contributed by atoms with Crippen molar-refractivity contribution in [2.45, 2.75) is 31.0 Å². The molecule has 0 aliphatic rings. The molecule has 1 N–H and O–H groups in total. The predicted molar refractivity (Wildman–Crippen MR) is 105 cm³/mol. The van der Waals surface area contributed by atoms with Gasteiger partial charge in [-0.15, -0.1) is 0 Å². The number of ether oxygens (including phenoxy) is 1. The van der Waals surface area contributed by atoms with Gasteiger partial charge in [-0.2, -0.15) is 5.26 Å². The summed E-state index contributed by atoms with van der Waals surface area (Å²) in [7, 11) is 0. The summed E-state index contributed by atoms with van der Waals surface area (Å²) in [5.74, 6) is -0.800. The Kier molecular flexibility index (Phi) is 7.22. The summed E-state index contributed by atoms with van der Waals surface area (Å²) in [6.45, 7) is 5.30. The molecule has 8 heteroatoms. The molecular weight excluding hydrogens is 386 g/mol. The number of carbonyl (C=O) groups excluding carboxylic acids is 2. The maximum atomic E-state index is 12.4. The van der Waals surface area contributed by atoms with E-state index in [1.54, 1.807) is 45.0 Å². The monoisotopic (exact) mass is 403 g/mol. The lowest BCUT2D eigenvalue weighted by Crippen LogP contribution is -2.23. The van der Waals surface area contributed by atoms with Gasteiger partial charge in [0.15, 0.2) is 0 Å². The number of nitrogens with zero attached hydrogens (tertiary/aromatic N) is 2. The number of pyridine rings is 1. The molecule has 0 aliphatic carbocycles. The summed E-state index contributed by atoms with van der Waals surface area (Å²) in [5, 5.41) is 12.4. The van der Waals surface area contributed by atoms with E-state index in [9.17, 15) is 14.9 Å². The third kappa shape index (κ3) is 5.22. The van der Waals surface area contributed by atoms with E-state index in [1.807, 2.05) is 6.07 Å². The number of thioether (sulfide) groups is 1. The van der Waals surface area contributed by atoms with Crippen LogP contribution >= 0.6 is 23.4 Å². The second kappa shape index (κ2) is 9.40. The van der Waals surface area contributed by atoms with Crippen LogP contribution in [-0.4, -0.2) is 28.7 Å². The standard InChI is InChI=1S/C19H18ClN3O3S/c1-4-26-19(25)14-9-13(10-21)18(22-11(14)2)27-12(3)17(24)23-16-8-6-5-7-15(16)20/h5-9,12H,4H2,1-3H3,(H,23,24). The van der Waals surface area contributed by atoms with Gasteiger partial charge >= 0.3 is 5.97 Å². The van der Waals surface area contributed by atoms with Gasteiger partial charge in [0.2, 0.25) is 5.91 Å². The third-order valence-electron chi connectivity index (χ3n) is 3.58. The van der Waals surface area contributed by atoms with Gasteiger partial charge in [-0.3, -0.25) is 4.79 Å². The van der Waals surface area contributed by atoms with Gasteiger partial charge in [0.1, 0.15) is 11.1 Å². The van der Waals surface area contributed by atoms with Crippen molar-refractivity contribution in [2.75, 3.05) is 11.9 Å². The van der Waals surface area contributed by atoms with E-state index in [2.05, 4.69) is 10.3 Å². The normalized spacial score (nSPS) is 11.4. The Balaban J connectivity index is 2.19. The maximum Gasteiger partial charge on any atom is 0.340 e. The number of aromatic nitrogens is 1. The van der Waals surface area contributed by atoms with Crippen LogP contribution in [0.2, 0.25) is 5.02 Å². The van der Waals surface area contributed by atoms with Crippen molar-refractivity contribution in [3.8, 4) is 6.07 Å². The Hall–Kier alpha value is -2.56. The number of benzene rings is 1. The van der Waals surface area contributed by atoms with Crippen LogP contribution in [0.5, 0.6) is 0 Å². The summed E-state index contributed by atoms with van der Waals surface area (Å²) in [4.78, 5) is 28.7. The third-order valence-corrected chi connectivity index (χ3v) is 5.01. The molecule has 27 heavy (non-hydrogen) atoms. The highest BCUT2D eigenvalue weighted by Crippen LogP contribution is 2.28. The van der Waals surface area contributed by atoms with Crippen molar-refractivity contribution in [1.82, 2.24) is 4.98 Å². The minimum atomic E-state index is -0.534. The second-order valence-electron chi connectivity index (χ2n) is 5.54. The molecule has 0 saturated heterocycles. The molecule has 6 nitrogen and oxygen atoms in total. The van der Waals surface area contributed by atoms with Crippen LogP contribution in [0.3, 0.4) is 0 Å². The van der Waals surface area contributed by atoms with Gasteiger partial charge in [-0.25, -0.2) is 9.78 Å². The average Bonchev–Trinajstić information content (AvgIpc) is 2.63. The van der Waals surface area contributed by atoms with Crippen LogP contribution in [0.25, 0.3) is 0 Å². The second-order valence-corrected chi connectivity index (χ2v) is 7.27. The van der Waals surface area contributed by atoms with Gasteiger partial charge in [-0.05, 0) is 39.0 Å². The summed E-state index contributed by atoms with van der Waals surface area (Å²) >= 11 is 7.19. The van der Waals surface area contributed by atoms with Crippen LogP contribution in [0.4, 0.5) is 5.69 Å².